The monoisotopic (exact) mass is 332 g/mol. The molecule has 5 nitrogen and oxygen atoms in total. The molecule has 0 aliphatic rings. The summed E-state index contributed by atoms with van der Waals surface area (Å²) in [6.45, 7) is 2.48. The molecule has 1 heterocycles. The Labute approximate surface area is 128 Å². The van der Waals surface area contributed by atoms with Gasteiger partial charge in [-0.3, -0.25) is 4.79 Å². The predicted molar refractivity (Wildman–Crippen MR) is 80.0 cm³/mol. The molecule has 1 aromatic carbocycles. The van der Waals surface area contributed by atoms with Crippen molar-refractivity contribution in [3.05, 3.63) is 33.7 Å². The van der Waals surface area contributed by atoms with Crippen molar-refractivity contribution in [3.63, 3.8) is 0 Å². The summed E-state index contributed by atoms with van der Waals surface area (Å²) in [6.07, 6.45) is 0. The summed E-state index contributed by atoms with van der Waals surface area (Å²) in [6, 6.07) is 1.53. The number of amides is 1. The average molecular weight is 333 g/mol. The lowest BCUT2D eigenvalue weighted by Crippen LogP contribution is -2.14. The second-order valence-electron chi connectivity index (χ2n) is 3.96. The zero-order chi connectivity index (χ0) is 15.6. The number of halogens is 3. The lowest BCUT2D eigenvalue weighted by atomic mass is 10.3. The van der Waals surface area contributed by atoms with Crippen LogP contribution in [0.25, 0.3) is 0 Å². The summed E-state index contributed by atoms with van der Waals surface area (Å²) in [5, 5.41) is 5.42. The van der Waals surface area contributed by atoms with Gasteiger partial charge < -0.3 is 16.4 Å². The number of carbonyl (C=O) groups is 1. The maximum absolute atomic E-state index is 13.6. The number of anilines is 3. The highest BCUT2D eigenvalue weighted by atomic mass is 35.5. The Hall–Kier alpha value is -1.93. The number of nitrogens with zero attached hydrogens (tertiary/aromatic N) is 1. The van der Waals surface area contributed by atoms with Crippen LogP contribution in [0.1, 0.15) is 16.6 Å². The summed E-state index contributed by atoms with van der Waals surface area (Å²) < 4.78 is 26.6. The first kappa shape index (κ1) is 15.5. The van der Waals surface area contributed by atoms with Crippen molar-refractivity contribution in [2.24, 2.45) is 0 Å². The van der Waals surface area contributed by atoms with Gasteiger partial charge in [-0.05, 0) is 13.0 Å². The summed E-state index contributed by atoms with van der Waals surface area (Å²) >= 11 is 6.74. The molecule has 0 spiro atoms. The van der Waals surface area contributed by atoms with Gasteiger partial charge in [0.1, 0.15) is 16.5 Å². The van der Waals surface area contributed by atoms with Gasteiger partial charge in [0.15, 0.2) is 10.9 Å². The Kier molecular flexibility index (Phi) is 4.59. The predicted octanol–water partition coefficient (Wildman–Crippen LogP) is 3.34. The fraction of sp³-hybridized carbons (Fsp3) is 0.167. The van der Waals surface area contributed by atoms with Crippen LogP contribution >= 0.6 is 22.9 Å². The van der Waals surface area contributed by atoms with E-state index in [0.717, 1.165) is 17.4 Å². The molecule has 0 aliphatic heterocycles. The summed E-state index contributed by atoms with van der Waals surface area (Å²) in [4.78, 5) is 16.2. The zero-order valence-corrected chi connectivity index (χ0v) is 12.4. The van der Waals surface area contributed by atoms with E-state index in [2.05, 4.69) is 15.6 Å². The molecular weight excluding hydrogens is 322 g/mol. The van der Waals surface area contributed by atoms with E-state index >= 15 is 0 Å². The maximum atomic E-state index is 13.6. The van der Waals surface area contributed by atoms with Crippen LogP contribution < -0.4 is 16.4 Å². The molecule has 2 aromatic rings. The van der Waals surface area contributed by atoms with Crippen molar-refractivity contribution in [2.45, 2.75) is 6.92 Å². The van der Waals surface area contributed by atoms with Gasteiger partial charge in [-0.15, -0.1) is 0 Å². The van der Waals surface area contributed by atoms with E-state index in [4.69, 9.17) is 17.3 Å². The van der Waals surface area contributed by atoms with E-state index in [9.17, 15) is 13.6 Å². The Morgan fingerprint density at radius 3 is 2.81 bits per heavy atom. The SMILES string of the molecule is CCNc1nc(N)c(C(=O)Nc2c(F)cc(F)cc2Cl)s1. The first-order valence-electron chi connectivity index (χ1n) is 5.88. The molecule has 112 valence electrons. The van der Waals surface area contributed by atoms with Crippen LogP contribution in [0.4, 0.5) is 25.4 Å². The topological polar surface area (TPSA) is 80.0 Å². The summed E-state index contributed by atoms with van der Waals surface area (Å²) in [7, 11) is 0. The molecule has 0 fully saturated rings. The minimum absolute atomic E-state index is 0.0205. The van der Waals surface area contributed by atoms with E-state index in [-0.39, 0.29) is 21.4 Å². The number of rotatable bonds is 4. The first-order chi connectivity index (χ1) is 9.92. The highest BCUT2D eigenvalue weighted by molar-refractivity contribution is 7.18. The van der Waals surface area contributed by atoms with Crippen LogP contribution in [0, 0.1) is 11.6 Å². The quantitative estimate of drug-likeness (QED) is 0.802. The zero-order valence-electron chi connectivity index (χ0n) is 10.8. The average Bonchev–Trinajstić information content (AvgIpc) is 2.75. The summed E-state index contributed by atoms with van der Waals surface area (Å²) in [5.41, 5.74) is 5.33. The van der Waals surface area contributed by atoms with Gasteiger partial charge in [0.2, 0.25) is 0 Å². The van der Waals surface area contributed by atoms with Crippen molar-refractivity contribution >= 4 is 45.5 Å². The van der Waals surface area contributed by atoms with Crippen molar-refractivity contribution in [2.75, 3.05) is 22.9 Å². The molecule has 0 radical (unpaired) electrons. The minimum atomic E-state index is -0.969. The van der Waals surface area contributed by atoms with Crippen LogP contribution in [-0.2, 0) is 0 Å². The largest absolute Gasteiger partial charge is 0.382 e. The van der Waals surface area contributed by atoms with Gasteiger partial charge in [-0.25, -0.2) is 13.8 Å². The van der Waals surface area contributed by atoms with Gasteiger partial charge in [-0.2, -0.15) is 0 Å². The molecule has 1 aromatic heterocycles. The minimum Gasteiger partial charge on any atom is -0.382 e. The van der Waals surface area contributed by atoms with Gasteiger partial charge in [0.25, 0.3) is 5.91 Å². The second kappa shape index (κ2) is 6.23. The number of hydrogen-bond acceptors (Lipinski definition) is 5. The molecular formula is C12H11ClF2N4OS. The number of hydrogen-bond donors (Lipinski definition) is 3. The number of aromatic nitrogens is 1. The van der Waals surface area contributed by atoms with Gasteiger partial charge in [0.05, 0.1) is 10.7 Å². The third-order valence-corrected chi connectivity index (χ3v) is 3.76. The van der Waals surface area contributed by atoms with Gasteiger partial charge in [-0.1, -0.05) is 22.9 Å². The van der Waals surface area contributed by atoms with E-state index < -0.39 is 17.5 Å². The third kappa shape index (κ3) is 3.40. The molecule has 0 aliphatic carbocycles. The lowest BCUT2D eigenvalue weighted by Gasteiger charge is -2.07. The molecule has 4 N–H and O–H groups in total. The van der Waals surface area contributed by atoms with Gasteiger partial charge in [0, 0.05) is 12.6 Å². The first-order valence-corrected chi connectivity index (χ1v) is 7.08. The van der Waals surface area contributed by atoms with E-state index in [1.165, 1.54) is 0 Å². The maximum Gasteiger partial charge on any atom is 0.269 e. The molecule has 2 rings (SSSR count). The number of nitrogens with one attached hydrogen (secondary N) is 2. The fourth-order valence-electron chi connectivity index (χ4n) is 1.55. The molecule has 9 heteroatoms. The molecule has 0 saturated carbocycles. The van der Waals surface area contributed by atoms with Crippen LogP contribution in [-0.4, -0.2) is 17.4 Å². The Bertz CT molecular complexity index is 669. The van der Waals surface area contributed by atoms with Crippen LogP contribution in [0.3, 0.4) is 0 Å². The molecule has 1 amide bonds. The van der Waals surface area contributed by atoms with Gasteiger partial charge >= 0.3 is 0 Å². The van der Waals surface area contributed by atoms with Crippen LogP contribution in [0.15, 0.2) is 12.1 Å². The van der Waals surface area contributed by atoms with Crippen LogP contribution in [0.5, 0.6) is 0 Å². The van der Waals surface area contributed by atoms with Crippen molar-refractivity contribution < 1.29 is 13.6 Å². The molecule has 0 atom stereocenters. The normalized spacial score (nSPS) is 10.5. The van der Waals surface area contributed by atoms with Crippen molar-refractivity contribution in [1.82, 2.24) is 4.98 Å². The molecule has 0 bridgehead atoms. The number of nitrogens with two attached hydrogens (primary N) is 1. The number of thiazole rings is 1. The smallest absolute Gasteiger partial charge is 0.269 e. The third-order valence-electron chi connectivity index (χ3n) is 2.43. The van der Waals surface area contributed by atoms with E-state index in [0.29, 0.717) is 17.7 Å². The van der Waals surface area contributed by atoms with Crippen molar-refractivity contribution in [1.29, 1.82) is 0 Å². The Balaban J connectivity index is 2.26. The molecule has 0 saturated heterocycles. The lowest BCUT2D eigenvalue weighted by molar-refractivity contribution is 0.103. The Morgan fingerprint density at radius 1 is 1.48 bits per heavy atom. The molecule has 0 unspecified atom stereocenters. The Morgan fingerprint density at radius 2 is 2.19 bits per heavy atom. The van der Waals surface area contributed by atoms with E-state index in [1.54, 1.807) is 0 Å². The van der Waals surface area contributed by atoms with Crippen LogP contribution in [0.2, 0.25) is 5.02 Å². The summed E-state index contributed by atoms with van der Waals surface area (Å²) in [5.74, 6) is -2.45. The number of nitrogen functional groups attached to an aromatic ring is 1. The highest BCUT2D eigenvalue weighted by Crippen LogP contribution is 2.29. The number of carbonyl (C=O) groups excluding carboxylic acids is 1. The van der Waals surface area contributed by atoms with Crippen molar-refractivity contribution in [3.8, 4) is 0 Å². The fourth-order valence-corrected chi connectivity index (χ4v) is 2.64. The standard InChI is InChI=1S/C12H11ClF2N4OS/c1-2-17-12-19-10(16)9(21-12)11(20)18-8-6(13)3-5(14)4-7(8)15/h3-4H,2,16H2,1H3,(H,17,19)(H,18,20). The highest BCUT2D eigenvalue weighted by Gasteiger charge is 2.19. The second-order valence-corrected chi connectivity index (χ2v) is 5.37. The number of benzene rings is 1. The molecule has 21 heavy (non-hydrogen) atoms. The van der Waals surface area contributed by atoms with E-state index in [1.807, 2.05) is 6.92 Å².